The number of benzene rings is 1. The number of rotatable bonds is 4. The Bertz CT molecular complexity index is 474. The smallest absolute Gasteiger partial charge is 0.0600 e. The van der Waals surface area contributed by atoms with Gasteiger partial charge >= 0.3 is 0 Å². The molecule has 0 aliphatic carbocycles. The standard InChI is InChI=1S/C15H16N2/c1-3-11-17(15-5-4-10-16-12-15)14-8-6-13(2)7-9-14/h3-10,12H,1,11H2,2H3. The number of hydrogen-bond donors (Lipinski definition) is 0. The van der Waals surface area contributed by atoms with E-state index in [9.17, 15) is 0 Å². The third kappa shape index (κ3) is 2.72. The van der Waals surface area contributed by atoms with E-state index in [2.05, 4.69) is 53.7 Å². The lowest BCUT2D eigenvalue weighted by Crippen LogP contribution is -2.16. The van der Waals surface area contributed by atoms with Crippen LogP contribution in [0.3, 0.4) is 0 Å². The van der Waals surface area contributed by atoms with Crippen LogP contribution in [0.5, 0.6) is 0 Å². The fourth-order valence-electron chi connectivity index (χ4n) is 1.73. The van der Waals surface area contributed by atoms with Gasteiger partial charge in [0.05, 0.1) is 11.9 Å². The molecule has 0 saturated carbocycles. The molecule has 2 rings (SSSR count). The van der Waals surface area contributed by atoms with E-state index in [0.29, 0.717) is 0 Å². The first-order chi connectivity index (χ1) is 8.31. The van der Waals surface area contributed by atoms with Gasteiger partial charge in [0.15, 0.2) is 0 Å². The molecule has 0 N–H and O–H groups in total. The second kappa shape index (κ2) is 5.30. The van der Waals surface area contributed by atoms with Gasteiger partial charge in [0.2, 0.25) is 0 Å². The SMILES string of the molecule is C=CCN(c1ccc(C)cc1)c1cccnc1. The minimum absolute atomic E-state index is 0.773. The molecule has 0 fully saturated rings. The zero-order chi connectivity index (χ0) is 12.1. The lowest BCUT2D eigenvalue weighted by atomic mass is 10.2. The number of pyridine rings is 1. The lowest BCUT2D eigenvalue weighted by molar-refractivity contribution is 1.08. The van der Waals surface area contributed by atoms with Gasteiger partial charge in [-0.15, -0.1) is 6.58 Å². The molecule has 0 unspecified atom stereocenters. The van der Waals surface area contributed by atoms with Crippen LogP contribution >= 0.6 is 0 Å². The third-order valence-electron chi connectivity index (χ3n) is 2.61. The summed E-state index contributed by atoms with van der Waals surface area (Å²) >= 11 is 0. The first-order valence-corrected chi connectivity index (χ1v) is 5.66. The molecule has 0 amide bonds. The Hall–Kier alpha value is -2.09. The maximum atomic E-state index is 4.15. The van der Waals surface area contributed by atoms with E-state index in [1.165, 1.54) is 5.56 Å². The predicted molar refractivity (Wildman–Crippen MR) is 72.6 cm³/mol. The van der Waals surface area contributed by atoms with Crippen LogP contribution in [0, 0.1) is 6.92 Å². The summed E-state index contributed by atoms with van der Waals surface area (Å²) in [4.78, 5) is 6.33. The molecule has 1 heterocycles. The average Bonchev–Trinajstić information content (AvgIpc) is 2.38. The third-order valence-corrected chi connectivity index (χ3v) is 2.61. The fraction of sp³-hybridized carbons (Fsp3) is 0.133. The Morgan fingerprint density at radius 2 is 1.94 bits per heavy atom. The van der Waals surface area contributed by atoms with Crippen molar-refractivity contribution in [2.75, 3.05) is 11.4 Å². The molecule has 2 aromatic rings. The predicted octanol–water partition coefficient (Wildman–Crippen LogP) is 3.71. The molecule has 0 spiro atoms. The molecule has 2 nitrogen and oxygen atoms in total. The summed E-state index contributed by atoms with van der Waals surface area (Å²) in [7, 11) is 0. The van der Waals surface area contributed by atoms with Gasteiger partial charge in [-0.1, -0.05) is 23.8 Å². The maximum Gasteiger partial charge on any atom is 0.0600 e. The van der Waals surface area contributed by atoms with E-state index in [-0.39, 0.29) is 0 Å². The summed E-state index contributed by atoms with van der Waals surface area (Å²) in [6.45, 7) is 6.67. The van der Waals surface area contributed by atoms with Crippen molar-refractivity contribution in [2.45, 2.75) is 6.92 Å². The van der Waals surface area contributed by atoms with Crippen LogP contribution in [0.1, 0.15) is 5.56 Å². The zero-order valence-corrected chi connectivity index (χ0v) is 10.0. The van der Waals surface area contributed by atoms with Crippen molar-refractivity contribution >= 4 is 11.4 Å². The van der Waals surface area contributed by atoms with Crippen LogP contribution in [-0.2, 0) is 0 Å². The Balaban J connectivity index is 2.35. The Morgan fingerprint density at radius 3 is 2.53 bits per heavy atom. The van der Waals surface area contributed by atoms with Crippen molar-refractivity contribution < 1.29 is 0 Å². The molecule has 0 bridgehead atoms. The number of anilines is 2. The highest BCUT2D eigenvalue weighted by atomic mass is 15.1. The molecule has 1 aromatic carbocycles. The molecule has 2 heteroatoms. The van der Waals surface area contributed by atoms with Gasteiger partial charge in [0.25, 0.3) is 0 Å². The van der Waals surface area contributed by atoms with E-state index in [1.54, 1.807) is 6.20 Å². The zero-order valence-electron chi connectivity index (χ0n) is 10.0. The van der Waals surface area contributed by atoms with Gasteiger partial charge in [-0.3, -0.25) is 4.98 Å². The molecule has 1 aromatic heterocycles. The van der Waals surface area contributed by atoms with Crippen LogP contribution in [-0.4, -0.2) is 11.5 Å². The van der Waals surface area contributed by atoms with E-state index in [1.807, 2.05) is 18.3 Å². The molecule has 0 radical (unpaired) electrons. The van der Waals surface area contributed by atoms with Gasteiger partial charge in [0, 0.05) is 18.4 Å². The van der Waals surface area contributed by atoms with Crippen LogP contribution in [0.2, 0.25) is 0 Å². The summed E-state index contributed by atoms with van der Waals surface area (Å²) in [6, 6.07) is 12.5. The van der Waals surface area contributed by atoms with Crippen molar-refractivity contribution in [3.05, 3.63) is 67.0 Å². The largest absolute Gasteiger partial charge is 0.336 e. The van der Waals surface area contributed by atoms with E-state index < -0.39 is 0 Å². The van der Waals surface area contributed by atoms with Crippen LogP contribution in [0.4, 0.5) is 11.4 Å². The first-order valence-electron chi connectivity index (χ1n) is 5.66. The number of nitrogens with zero attached hydrogens (tertiary/aromatic N) is 2. The van der Waals surface area contributed by atoms with Gasteiger partial charge in [0.1, 0.15) is 0 Å². The first kappa shape index (κ1) is 11.4. The van der Waals surface area contributed by atoms with Crippen molar-refractivity contribution in [1.29, 1.82) is 0 Å². The summed E-state index contributed by atoms with van der Waals surface area (Å²) in [5.74, 6) is 0. The summed E-state index contributed by atoms with van der Waals surface area (Å²) in [5.41, 5.74) is 3.50. The summed E-state index contributed by atoms with van der Waals surface area (Å²) in [6.07, 6.45) is 5.54. The fourth-order valence-corrected chi connectivity index (χ4v) is 1.73. The van der Waals surface area contributed by atoms with Crippen molar-refractivity contribution in [3.8, 4) is 0 Å². The maximum absolute atomic E-state index is 4.15. The highest BCUT2D eigenvalue weighted by Gasteiger charge is 2.06. The molecular weight excluding hydrogens is 208 g/mol. The molecule has 17 heavy (non-hydrogen) atoms. The molecule has 0 atom stereocenters. The van der Waals surface area contributed by atoms with E-state index in [4.69, 9.17) is 0 Å². The summed E-state index contributed by atoms with van der Waals surface area (Å²) in [5, 5.41) is 0. The molecule has 0 aliphatic rings. The van der Waals surface area contributed by atoms with Crippen molar-refractivity contribution in [2.24, 2.45) is 0 Å². The van der Waals surface area contributed by atoms with Crippen LogP contribution in [0.25, 0.3) is 0 Å². The lowest BCUT2D eigenvalue weighted by Gasteiger charge is -2.23. The van der Waals surface area contributed by atoms with Crippen molar-refractivity contribution in [1.82, 2.24) is 4.98 Å². The molecule has 0 aliphatic heterocycles. The number of aromatic nitrogens is 1. The summed E-state index contributed by atoms with van der Waals surface area (Å²) < 4.78 is 0. The van der Waals surface area contributed by atoms with Crippen LogP contribution in [0.15, 0.2) is 61.4 Å². The van der Waals surface area contributed by atoms with Crippen molar-refractivity contribution in [3.63, 3.8) is 0 Å². The molecular formula is C15H16N2. The second-order valence-corrected chi connectivity index (χ2v) is 3.95. The normalized spacial score (nSPS) is 9.94. The Kier molecular flexibility index (Phi) is 3.55. The van der Waals surface area contributed by atoms with Gasteiger partial charge in [-0.05, 0) is 31.2 Å². The quantitative estimate of drug-likeness (QED) is 0.736. The van der Waals surface area contributed by atoms with Gasteiger partial charge in [-0.25, -0.2) is 0 Å². The molecule has 86 valence electrons. The second-order valence-electron chi connectivity index (χ2n) is 3.95. The average molecular weight is 224 g/mol. The van der Waals surface area contributed by atoms with Gasteiger partial charge < -0.3 is 4.90 Å². The molecule has 0 saturated heterocycles. The minimum atomic E-state index is 0.773. The van der Waals surface area contributed by atoms with E-state index >= 15 is 0 Å². The van der Waals surface area contributed by atoms with Crippen LogP contribution < -0.4 is 4.90 Å². The number of aryl methyl sites for hydroxylation is 1. The number of hydrogen-bond acceptors (Lipinski definition) is 2. The highest BCUT2D eigenvalue weighted by molar-refractivity contribution is 5.62. The van der Waals surface area contributed by atoms with Gasteiger partial charge in [-0.2, -0.15) is 0 Å². The monoisotopic (exact) mass is 224 g/mol. The Morgan fingerprint density at radius 1 is 1.18 bits per heavy atom. The minimum Gasteiger partial charge on any atom is -0.336 e. The Labute approximate surface area is 102 Å². The van der Waals surface area contributed by atoms with E-state index in [0.717, 1.165) is 17.9 Å². The topological polar surface area (TPSA) is 16.1 Å². The highest BCUT2D eigenvalue weighted by Crippen LogP contribution is 2.24.